The smallest absolute Gasteiger partial charge is 0.274 e. The lowest BCUT2D eigenvalue weighted by Crippen LogP contribution is -2.29. The Morgan fingerprint density at radius 3 is 2.42 bits per heavy atom. The van der Waals surface area contributed by atoms with E-state index in [-0.39, 0.29) is 37.3 Å². The highest BCUT2D eigenvalue weighted by atomic mass is 19.1. The van der Waals surface area contributed by atoms with E-state index in [1.54, 1.807) is 7.05 Å². The first-order valence-electron chi connectivity index (χ1n) is 9.50. The molecule has 0 bridgehead atoms. The molecule has 10 heteroatoms. The molecule has 1 fully saturated rings. The summed E-state index contributed by atoms with van der Waals surface area (Å²) in [4.78, 5) is 16.2. The third-order valence-corrected chi connectivity index (χ3v) is 5.12. The molecule has 0 aliphatic carbocycles. The second-order valence-electron chi connectivity index (χ2n) is 7.28. The summed E-state index contributed by atoms with van der Waals surface area (Å²) in [5, 5.41) is 6.41. The van der Waals surface area contributed by atoms with E-state index in [1.165, 1.54) is 17.1 Å². The van der Waals surface area contributed by atoms with Crippen LogP contribution in [0.3, 0.4) is 0 Å². The lowest BCUT2D eigenvalue weighted by molar-refractivity contribution is -0.0117. The Labute approximate surface area is 174 Å². The Hall–Kier alpha value is -3.27. The number of amides is 1. The average Bonchev–Trinajstić information content (AvgIpc) is 3.13. The van der Waals surface area contributed by atoms with E-state index in [0.717, 1.165) is 24.3 Å². The van der Waals surface area contributed by atoms with E-state index < -0.39 is 40.3 Å². The van der Waals surface area contributed by atoms with Crippen LogP contribution in [0.2, 0.25) is 0 Å². The van der Waals surface area contributed by atoms with Gasteiger partial charge in [0, 0.05) is 39.3 Å². The Morgan fingerprint density at radius 1 is 1.13 bits per heavy atom. The number of nitrogens with zero attached hydrogens (tertiary/aromatic N) is 3. The summed E-state index contributed by atoms with van der Waals surface area (Å²) >= 11 is 0. The van der Waals surface area contributed by atoms with Gasteiger partial charge in [0.15, 0.2) is 0 Å². The van der Waals surface area contributed by atoms with Gasteiger partial charge in [-0.3, -0.25) is 9.48 Å². The van der Waals surface area contributed by atoms with E-state index in [4.69, 9.17) is 4.74 Å². The molecule has 1 amide bonds. The van der Waals surface area contributed by atoms with Gasteiger partial charge >= 0.3 is 0 Å². The van der Waals surface area contributed by atoms with Crippen molar-refractivity contribution in [1.29, 1.82) is 0 Å². The maximum atomic E-state index is 15.1. The number of hydrogen-bond donors (Lipinski definition) is 1. The van der Waals surface area contributed by atoms with E-state index in [0.29, 0.717) is 5.69 Å². The predicted octanol–water partition coefficient (Wildman–Crippen LogP) is 4.13. The van der Waals surface area contributed by atoms with Gasteiger partial charge in [-0.25, -0.2) is 22.5 Å². The molecule has 1 aromatic carbocycles. The van der Waals surface area contributed by atoms with Crippen LogP contribution in [0.5, 0.6) is 0 Å². The van der Waals surface area contributed by atoms with Crippen molar-refractivity contribution in [2.24, 2.45) is 7.05 Å². The number of ether oxygens (including phenoxy) is 1. The summed E-state index contributed by atoms with van der Waals surface area (Å²) in [5.41, 5.74) is -3.45. The Bertz CT molecular complexity index is 1120. The van der Waals surface area contributed by atoms with Crippen LogP contribution in [0.4, 0.5) is 23.2 Å². The second kappa shape index (κ2) is 8.10. The van der Waals surface area contributed by atoms with Crippen molar-refractivity contribution in [3.05, 3.63) is 65.4 Å². The third kappa shape index (κ3) is 4.15. The fourth-order valence-corrected chi connectivity index (χ4v) is 3.47. The summed E-state index contributed by atoms with van der Waals surface area (Å²) in [6, 6.07) is 3.66. The van der Waals surface area contributed by atoms with E-state index >= 15 is 4.39 Å². The zero-order chi connectivity index (χ0) is 22.2. The predicted molar refractivity (Wildman–Crippen MR) is 104 cm³/mol. The molecule has 162 valence electrons. The van der Waals surface area contributed by atoms with E-state index in [9.17, 15) is 18.0 Å². The Balaban J connectivity index is 1.69. The number of alkyl halides is 1. The topological polar surface area (TPSA) is 69.0 Å². The zero-order valence-electron chi connectivity index (χ0n) is 16.5. The van der Waals surface area contributed by atoms with Crippen LogP contribution < -0.4 is 5.32 Å². The normalized spacial score (nSPS) is 15.6. The number of nitrogens with one attached hydrogen (secondary N) is 1. The second-order valence-corrected chi connectivity index (χ2v) is 7.28. The monoisotopic (exact) mass is 434 g/mol. The number of halogens is 4. The van der Waals surface area contributed by atoms with Crippen LogP contribution in [-0.2, 0) is 17.5 Å². The van der Waals surface area contributed by atoms with Gasteiger partial charge in [0.1, 0.15) is 34.5 Å². The molecular formula is C21H18F4N4O2. The SMILES string of the molecule is Cn1cc(NC(=O)c2ccc(F)c(-c3c(F)cc(C4(F)CCOCC4)cc3F)n2)cn1. The van der Waals surface area contributed by atoms with E-state index in [2.05, 4.69) is 15.4 Å². The van der Waals surface area contributed by atoms with E-state index in [1.807, 2.05) is 0 Å². The summed E-state index contributed by atoms with van der Waals surface area (Å²) in [5.74, 6) is -4.08. The van der Waals surface area contributed by atoms with Crippen molar-refractivity contribution in [1.82, 2.24) is 14.8 Å². The Kier molecular flexibility index (Phi) is 5.48. The van der Waals surface area contributed by atoms with Crippen molar-refractivity contribution in [3.63, 3.8) is 0 Å². The standard InChI is InChI=1S/C21H18F4N4O2/c1-29-11-13(10-26-29)27-20(30)17-3-2-14(22)19(28-17)18-15(23)8-12(9-16(18)24)21(25)4-6-31-7-5-21/h2-3,8-11H,4-7H2,1H3,(H,27,30). The molecule has 0 radical (unpaired) electrons. The molecule has 0 unspecified atom stereocenters. The van der Waals surface area contributed by atoms with Gasteiger partial charge in [0.25, 0.3) is 5.91 Å². The van der Waals surface area contributed by atoms with Crippen molar-refractivity contribution in [3.8, 4) is 11.3 Å². The van der Waals surface area contributed by atoms with Gasteiger partial charge in [-0.05, 0) is 29.8 Å². The average molecular weight is 434 g/mol. The number of aromatic nitrogens is 3. The minimum Gasteiger partial charge on any atom is -0.381 e. The van der Waals surface area contributed by atoms with Crippen molar-refractivity contribution in [2.45, 2.75) is 18.5 Å². The van der Waals surface area contributed by atoms with Gasteiger partial charge in [0.05, 0.1) is 17.4 Å². The minimum absolute atomic E-state index is 0.0398. The summed E-state index contributed by atoms with van der Waals surface area (Å²) in [6.45, 7) is 0.261. The summed E-state index contributed by atoms with van der Waals surface area (Å²) in [7, 11) is 1.65. The maximum Gasteiger partial charge on any atom is 0.274 e. The third-order valence-electron chi connectivity index (χ3n) is 5.12. The van der Waals surface area contributed by atoms with Gasteiger partial charge in [-0.1, -0.05) is 0 Å². The molecule has 0 spiro atoms. The summed E-state index contributed by atoms with van der Waals surface area (Å²) in [6.07, 6.45) is 2.84. The molecule has 1 aliphatic rings. The number of pyridine rings is 1. The van der Waals surface area contributed by atoms with Crippen LogP contribution >= 0.6 is 0 Å². The minimum atomic E-state index is -1.93. The molecule has 1 N–H and O–H groups in total. The largest absolute Gasteiger partial charge is 0.381 e. The Morgan fingerprint density at radius 2 is 1.81 bits per heavy atom. The van der Waals surface area contributed by atoms with Crippen LogP contribution in [0.25, 0.3) is 11.3 Å². The van der Waals surface area contributed by atoms with Gasteiger partial charge < -0.3 is 10.1 Å². The number of anilines is 1. The van der Waals surface area contributed by atoms with Gasteiger partial charge in [-0.15, -0.1) is 0 Å². The molecule has 6 nitrogen and oxygen atoms in total. The number of carbonyl (C=O) groups excluding carboxylic acids is 1. The van der Waals surface area contributed by atoms with Crippen LogP contribution in [0.1, 0.15) is 28.9 Å². The molecule has 3 heterocycles. The molecule has 2 aromatic heterocycles. The number of benzene rings is 1. The van der Waals surface area contributed by atoms with Crippen LogP contribution in [-0.4, -0.2) is 33.9 Å². The molecule has 1 aliphatic heterocycles. The van der Waals surface area contributed by atoms with Crippen molar-refractivity contribution < 1.29 is 27.1 Å². The lowest BCUT2D eigenvalue weighted by Gasteiger charge is -2.30. The quantitative estimate of drug-likeness (QED) is 0.627. The lowest BCUT2D eigenvalue weighted by atomic mass is 9.87. The van der Waals surface area contributed by atoms with Crippen molar-refractivity contribution >= 4 is 11.6 Å². The molecule has 4 rings (SSSR count). The fourth-order valence-electron chi connectivity index (χ4n) is 3.47. The van der Waals surface area contributed by atoms with Crippen LogP contribution in [0.15, 0.2) is 36.7 Å². The molecule has 3 aromatic rings. The van der Waals surface area contributed by atoms with Crippen molar-refractivity contribution in [2.75, 3.05) is 18.5 Å². The number of hydrogen-bond acceptors (Lipinski definition) is 4. The fraction of sp³-hybridized carbons (Fsp3) is 0.286. The van der Waals surface area contributed by atoms with Gasteiger partial charge in [-0.2, -0.15) is 5.10 Å². The zero-order valence-corrected chi connectivity index (χ0v) is 16.5. The molecule has 0 atom stereocenters. The molecule has 0 saturated carbocycles. The molecule has 31 heavy (non-hydrogen) atoms. The molecular weight excluding hydrogens is 416 g/mol. The van der Waals surface area contributed by atoms with Gasteiger partial charge in [0.2, 0.25) is 0 Å². The van der Waals surface area contributed by atoms with Crippen LogP contribution in [0, 0.1) is 17.5 Å². The number of aryl methyl sites for hydroxylation is 1. The number of carbonyl (C=O) groups is 1. The summed E-state index contributed by atoms with van der Waals surface area (Å²) < 4.78 is 65.7. The molecule has 1 saturated heterocycles. The first kappa shape index (κ1) is 21.0. The first-order valence-corrected chi connectivity index (χ1v) is 9.50. The highest BCUT2D eigenvalue weighted by Gasteiger charge is 2.36. The highest BCUT2D eigenvalue weighted by molar-refractivity contribution is 6.03. The highest BCUT2D eigenvalue weighted by Crippen LogP contribution is 2.39. The maximum absolute atomic E-state index is 15.1. The number of rotatable bonds is 4. The first-order chi connectivity index (χ1) is 14.8.